The molecule has 0 heterocycles. The molecule has 0 aliphatic heterocycles. The fourth-order valence-electron chi connectivity index (χ4n) is 0.938. The Morgan fingerprint density at radius 2 is 2.10 bits per heavy atom. The average Bonchev–Trinajstić information content (AvgIpc) is 1.98. The summed E-state index contributed by atoms with van der Waals surface area (Å²) in [6.07, 6.45) is 6.64. The highest BCUT2D eigenvalue weighted by Crippen LogP contribution is 2.06. The molecule has 0 aromatic heterocycles. The second-order valence-corrected chi connectivity index (χ2v) is 2.53. The normalized spacial score (nSPS) is 12.1. The number of hydrogen-bond donors (Lipinski definition) is 1. The predicted octanol–water partition coefficient (Wildman–Crippen LogP) is 2.51. The van der Waals surface area contributed by atoms with Crippen molar-refractivity contribution in [1.82, 2.24) is 0 Å². The summed E-state index contributed by atoms with van der Waals surface area (Å²) in [6, 6.07) is 0. The monoisotopic (exact) mass is 142 g/mol. The van der Waals surface area contributed by atoms with E-state index in [-0.39, 0.29) is 6.61 Å². The van der Waals surface area contributed by atoms with E-state index in [1.54, 1.807) is 0 Å². The number of unbranched alkanes of at least 4 members (excludes halogenated alkanes) is 1. The van der Waals surface area contributed by atoms with E-state index in [4.69, 9.17) is 5.11 Å². The molecule has 0 fully saturated rings. The van der Waals surface area contributed by atoms with Crippen LogP contribution in [0.2, 0.25) is 0 Å². The summed E-state index contributed by atoms with van der Waals surface area (Å²) < 4.78 is 0. The first-order valence-corrected chi connectivity index (χ1v) is 4.13. The molecule has 0 aliphatic carbocycles. The third-order valence-corrected chi connectivity index (χ3v) is 1.55. The first-order chi connectivity index (χ1) is 4.85. The molecule has 1 N–H and O–H groups in total. The van der Waals surface area contributed by atoms with Crippen molar-refractivity contribution in [3.63, 3.8) is 0 Å². The number of aliphatic hydroxyl groups excluding tert-OH is 1. The van der Waals surface area contributed by atoms with E-state index in [0.717, 1.165) is 12.8 Å². The van der Waals surface area contributed by atoms with E-state index in [1.165, 1.54) is 18.4 Å². The molecule has 0 aromatic carbocycles. The van der Waals surface area contributed by atoms with Gasteiger partial charge in [0, 0.05) is 0 Å². The van der Waals surface area contributed by atoms with Crippen molar-refractivity contribution in [2.24, 2.45) is 0 Å². The van der Waals surface area contributed by atoms with Crippen LogP contribution in [0.5, 0.6) is 0 Å². The number of rotatable bonds is 5. The van der Waals surface area contributed by atoms with Crippen LogP contribution in [0.1, 0.15) is 39.5 Å². The summed E-state index contributed by atoms with van der Waals surface area (Å²) in [7, 11) is 0. The summed E-state index contributed by atoms with van der Waals surface area (Å²) in [5, 5.41) is 8.82. The zero-order valence-electron chi connectivity index (χ0n) is 7.06. The van der Waals surface area contributed by atoms with Crippen LogP contribution in [0.3, 0.4) is 0 Å². The van der Waals surface area contributed by atoms with Crippen molar-refractivity contribution in [3.05, 3.63) is 11.6 Å². The highest BCUT2D eigenvalue weighted by molar-refractivity contribution is 5.01. The smallest absolute Gasteiger partial charge is 0.0641 e. The van der Waals surface area contributed by atoms with Crippen molar-refractivity contribution in [3.8, 4) is 0 Å². The molecule has 0 bridgehead atoms. The molecule has 0 spiro atoms. The maximum atomic E-state index is 8.82. The van der Waals surface area contributed by atoms with Crippen molar-refractivity contribution in [2.45, 2.75) is 39.5 Å². The van der Waals surface area contributed by atoms with Gasteiger partial charge in [-0.05, 0) is 24.8 Å². The van der Waals surface area contributed by atoms with Crippen molar-refractivity contribution in [1.29, 1.82) is 0 Å². The van der Waals surface area contributed by atoms with Gasteiger partial charge in [-0.15, -0.1) is 0 Å². The van der Waals surface area contributed by atoms with E-state index in [2.05, 4.69) is 19.9 Å². The van der Waals surface area contributed by atoms with Crippen LogP contribution < -0.4 is 0 Å². The zero-order chi connectivity index (χ0) is 7.82. The third kappa shape index (κ3) is 4.57. The van der Waals surface area contributed by atoms with Gasteiger partial charge in [0.2, 0.25) is 0 Å². The molecule has 0 unspecified atom stereocenters. The molecule has 0 radical (unpaired) electrons. The maximum absolute atomic E-state index is 8.82. The Morgan fingerprint density at radius 3 is 2.50 bits per heavy atom. The quantitative estimate of drug-likeness (QED) is 0.585. The van der Waals surface area contributed by atoms with Crippen molar-refractivity contribution in [2.75, 3.05) is 6.61 Å². The molecular formula is C9H18O. The molecule has 0 amide bonds. The van der Waals surface area contributed by atoms with E-state index in [9.17, 15) is 0 Å². The minimum absolute atomic E-state index is 0.244. The van der Waals surface area contributed by atoms with Gasteiger partial charge in [0.1, 0.15) is 0 Å². The van der Waals surface area contributed by atoms with Gasteiger partial charge in [-0.1, -0.05) is 26.3 Å². The van der Waals surface area contributed by atoms with Crippen molar-refractivity contribution < 1.29 is 5.11 Å². The number of allylic oxidation sites excluding steroid dienone is 1. The lowest BCUT2D eigenvalue weighted by Crippen LogP contribution is -1.89. The molecule has 1 heteroatoms. The van der Waals surface area contributed by atoms with E-state index in [0.29, 0.717) is 0 Å². The highest BCUT2D eigenvalue weighted by atomic mass is 16.3. The fourth-order valence-corrected chi connectivity index (χ4v) is 0.938. The van der Waals surface area contributed by atoms with Gasteiger partial charge in [-0.25, -0.2) is 0 Å². The van der Waals surface area contributed by atoms with Gasteiger partial charge in [0.15, 0.2) is 0 Å². The lowest BCUT2D eigenvalue weighted by molar-refractivity contribution is 0.325. The Morgan fingerprint density at radius 1 is 1.40 bits per heavy atom. The molecule has 1 nitrogen and oxygen atoms in total. The van der Waals surface area contributed by atoms with Gasteiger partial charge in [-0.3, -0.25) is 0 Å². The molecule has 0 saturated carbocycles. The topological polar surface area (TPSA) is 20.2 Å². The summed E-state index contributed by atoms with van der Waals surface area (Å²) in [5.74, 6) is 0. The van der Waals surface area contributed by atoms with Crippen LogP contribution >= 0.6 is 0 Å². The first-order valence-electron chi connectivity index (χ1n) is 4.13. The summed E-state index contributed by atoms with van der Waals surface area (Å²) in [4.78, 5) is 0. The second kappa shape index (κ2) is 6.81. The van der Waals surface area contributed by atoms with E-state index >= 15 is 0 Å². The highest BCUT2D eigenvalue weighted by Gasteiger charge is 1.92. The Hall–Kier alpha value is -0.300. The number of hydrogen-bond acceptors (Lipinski definition) is 1. The van der Waals surface area contributed by atoms with Gasteiger partial charge in [-0.2, -0.15) is 0 Å². The average molecular weight is 142 g/mol. The molecule has 60 valence electrons. The van der Waals surface area contributed by atoms with Gasteiger partial charge in [0.05, 0.1) is 6.61 Å². The Kier molecular flexibility index (Phi) is 6.61. The van der Waals surface area contributed by atoms with Crippen LogP contribution in [0.25, 0.3) is 0 Å². The lowest BCUT2D eigenvalue weighted by atomic mass is 10.1. The molecule has 0 atom stereocenters. The summed E-state index contributed by atoms with van der Waals surface area (Å²) in [6.45, 7) is 4.51. The second-order valence-electron chi connectivity index (χ2n) is 2.53. The molecule has 0 aliphatic rings. The van der Waals surface area contributed by atoms with Gasteiger partial charge in [0.25, 0.3) is 0 Å². The Balaban J connectivity index is 3.49. The van der Waals surface area contributed by atoms with Crippen LogP contribution in [0, 0.1) is 0 Å². The third-order valence-electron chi connectivity index (χ3n) is 1.55. The largest absolute Gasteiger partial charge is 0.392 e. The standard InChI is InChI=1S/C9H18O/c1-3-5-7-9(8-10)6-4-2/h6,10H,3-5,7-8H2,1-2H3/b9-6-. The van der Waals surface area contributed by atoms with Crippen LogP contribution in [-0.4, -0.2) is 11.7 Å². The molecule has 0 aromatic rings. The maximum Gasteiger partial charge on any atom is 0.0641 e. The Bertz CT molecular complexity index is 94.9. The van der Waals surface area contributed by atoms with E-state index < -0.39 is 0 Å². The van der Waals surface area contributed by atoms with Gasteiger partial charge >= 0.3 is 0 Å². The zero-order valence-corrected chi connectivity index (χ0v) is 7.06. The van der Waals surface area contributed by atoms with Crippen LogP contribution in [0.4, 0.5) is 0 Å². The minimum atomic E-state index is 0.244. The van der Waals surface area contributed by atoms with Gasteiger partial charge < -0.3 is 5.11 Å². The van der Waals surface area contributed by atoms with Crippen molar-refractivity contribution >= 4 is 0 Å². The summed E-state index contributed by atoms with van der Waals surface area (Å²) in [5.41, 5.74) is 1.20. The SMILES string of the molecule is CC/C=C(\CO)CCCC. The minimum Gasteiger partial charge on any atom is -0.392 e. The molecule has 10 heavy (non-hydrogen) atoms. The Labute approximate surface area is 63.8 Å². The summed E-state index contributed by atoms with van der Waals surface area (Å²) >= 11 is 0. The first kappa shape index (κ1) is 9.70. The fraction of sp³-hybridized carbons (Fsp3) is 0.778. The lowest BCUT2D eigenvalue weighted by Gasteiger charge is -2.00. The number of aliphatic hydroxyl groups is 1. The molecule has 0 saturated heterocycles. The van der Waals surface area contributed by atoms with Crippen LogP contribution in [0.15, 0.2) is 11.6 Å². The van der Waals surface area contributed by atoms with E-state index in [1.807, 2.05) is 0 Å². The van der Waals surface area contributed by atoms with Crippen LogP contribution in [-0.2, 0) is 0 Å². The molecule has 0 rings (SSSR count). The molecular weight excluding hydrogens is 124 g/mol. The predicted molar refractivity (Wildman–Crippen MR) is 45.0 cm³/mol.